The van der Waals surface area contributed by atoms with Crippen molar-refractivity contribution in [2.45, 2.75) is 25.2 Å². The molecule has 0 fully saturated rings. The Balaban J connectivity index is 1.99. The highest BCUT2D eigenvalue weighted by Crippen LogP contribution is 2.31. The molecule has 2 aromatic rings. The Kier molecular flexibility index (Phi) is 10.6. The molecular weight excluding hydrogens is 478 g/mol. The van der Waals surface area contributed by atoms with Crippen molar-refractivity contribution in [1.82, 2.24) is 5.32 Å². The molecule has 0 aliphatic heterocycles. The van der Waals surface area contributed by atoms with Crippen LogP contribution in [0.15, 0.2) is 53.6 Å². The molecule has 0 bridgehead atoms. The highest BCUT2D eigenvalue weighted by Gasteiger charge is 2.24. The van der Waals surface area contributed by atoms with Crippen molar-refractivity contribution in [3.05, 3.63) is 64.2 Å². The van der Waals surface area contributed by atoms with E-state index >= 15 is 0 Å². The Morgan fingerprint density at radius 3 is 2.47 bits per heavy atom. The van der Waals surface area contributed by atoms with Gasteiger partial charge in [-0.3, -0.25) is 9.59 Å². The zero-order chi connectivity index (χ0) is 25.1. The van der Waals surface area contributed by atoms with Gasteiger partial charge >= 0.3 is 5.97 Å². The van der Waals surface area contributed by atoms with Gasteiger partial charge in [-0.2, -0.15) is 0 Å². The first-order chi connectivity index (χ1) is 16.2. The number of hydrogen-bond donors (Lipinski definition) is 3. The van der Waals surface area contributed by atoms with Crippen LogP contribution < -0.4 is 25.8 Å². The Bertz CT molecular complexity index is 1010. The third-order valence-electron chi connectivity index (χ3n) is 4.38. The molecule has 0 aromatic heterocycles. The molecule has 0 saturated heterocycles. The van der Waals surface area contributed by atoms with E-state index in [1.165, 1.54) is 24.9 Å². The summed E-state index contributed by atoms with van der Waals surface area (Å²) in [4.78, 5) is 24.0. The van der Waals surface area contributed by atoms with Crippen molar-refractivity contribution in [2.24, 2.45) is 5.73 Å². The number of rotatable bonds is 12. The predicted octanol–water partition coefficient (Wildman–Crippen LogP) is 3.94. The van der Waals surface area contributed by atoms with Crippen LogP contribution in [0.5, 0.6) is 11.5 Å². The number of thioether (sulfide) groups is 1. The van der Waals surface area contributed by atoms with E-state index in [1.807, 2.05) is 24.3 Å². The summed E-state index contributed by atoms with van der Waals surface area (Å²) < 4.78 is 16.4. The molecule has 10 heteroatoms. The molecule has 0 saturated carbocycles. The van der Waals surface area contributed by atoms with Gasteiger partial charge in [-0.15, -0.1) is 11.8 Å². The molecule has 0 aliphatic carbocycles. The van der Waals surface area contributed by atoms with Gasteiger partial charge in [0.15, 0.2) is 11.5 Å². The van der Waals surface area contributed by atoms with E-state index in [2.05, 4.69) is 10.6 Å². The highest BCUT2D eigenvalue weighted by atomic mass is 35.5. The second-order valence-electron chi connectivity index (χ2n) is 7.76. The number of carbonyl (C=O) groups excluding carboxylic acids is 2. The van der Waals surface area contributed by atoms with Gasteiger partial charge in [0.05, 0.1) is 18.7 Å². The average molecular weight is 508 g/mol. The second-order valence-corrected chi connectivity index (χ2v) is 9.21. The van der Waals surface area contributed by atoms with E-state index in [9.17, 15) is 9.59 Å². The fourth-order valence-corrected chi connectivity index (χ4v) is 3.70. The maximum Gasteiger partial charge on any atom is 0.320 e. The standard InChI is InChI=1S/C24H30ClN3O5S/c1-24(2,33-23(30)13-26)15-32-19-10-9-18(11-20(19)31-4)28-21(29)12-22(27-3)34-14-16-5-7-17(25)8-6-16/h5-12,27H,13-15,26H2,1-4H3,(H,28,29)/b22-12+. The lowest BCUT2D eigenvalue weighted by Crippen LogP contribution is -2.37. The molecule has 1 amide bonds. The van der Waals surface area contributed by atoms with Crippen LogP contribution in [-0.4, -0.2) is 44.8 Å². The fraction of sp³-hybridized carbons (Fsp3) is 0.333. The zero-order valence-electron chi connectivity index (χ0n) is 19.6. The smallest absolute Gasteiger partial charge is 0.320 e. The number of nitrogens with two attached hydrogens (primary N) is 1. The highest BCUT2D eigenvalue weighted by molar-refractivity contribution is 8.02. The Labute approximate surface area is 209 Å². The number of ether oxygens (including phenoxy) is 3. The number of halogens is 1. The molecule has 0 unspecified atom stereocenters. The summed E-state index contributed by atoms with van der Waals surface area (Å²) in [6.07, 6.45) is 1.49. The van der Waals surface area contributed by atoms with Gasteiger partial charge < -0.3 is 30.6 Å². The molecule has 2 aromatic carbocycles. The first-order valence-corrected chi connectivity index (χ1v) is 11.8. The third kappa shape index (κ3) is 9.17. The molecule has 8 nitrogen and oxygen atoms in total. The lowest BCUT2D eigenvalue weighted by atomic mass is 10.1. The molecule has 184 valence electrons. The van der Waals surface area contributed by atoms with Crippen molar-refractivity contribution in [3.63, 3.8) is 0 Å². The van der Waals surface area contributed by atoms with E-state index in [4.69, 9.17) is 31.5 Å². The van der Waals surface area contributed by atoms with Crippen molar-refractivity contribution in [2.75, 3.05) is 32.6 Å². The monoisotopic (exact) mass is 507 g/mol. The SMILES string of the molecule is CN/C(=C\C(=O)Nc1ccc(OCC(C)(C)OC(=O)CN)c(OC)c1)SCc1ccc(Cl)cc1. The van der Waals surface area contributed by atoms with E-state index in [1.54, 1.807) is 39.1 Å². The minimum absolute atomic E-state index is 0.0971. The van der Waals surface area contributed by atoms with E-state index in [0.717, 1.165) is 5.56 Å². The summed E-state index contributed by atoms with van der Waals surface area (Å²) in [6.45, 7) is 3.33. The van der Waals surface area contributed by atoms with E-state index in [-0.39, 0.29) is 19.1 Å². The Hall–Kier alpha value is -2.88. The fourth-order valence-electron chi connectivity index (χ4n) is 2.72. The van der Waals surface area contributed by atoms with Crippen LogP contribution in [0.1, 0.15) is 19.4 Å². The van der Waals surface area contributed by atoms with Crippen molar-refractivity contribution >= 4 is 40.9 Å². The van der Waals surface area contributed by atoms with Gasteiger partial charge in [-0.05, 0) is 43.7 Å². The summed E-state index contributed by atoms with van der Waals surface area (Å²) in [5.41, 5.74) is 6.06. The van der Waals surface area contributed by atoms with Gasteiger partial charge in [0.1, 0.15) is 12.2 Å². The molecule has 4 N–H and O–H groups in total. The maximum absolute atomic E-state index is 12.5. The minimum Gasteiger partial charge on any atom is -0.493 e. The Morgan fingerprint density at radius 1 is 1.15 bits per heavy atom. The van der Waals surface area contributed by atoms with Gasteiger partial charge in [0.25, 0.3) is 5.91 Å². The summed E-state index contributed by atoms with van der Waals surface area (Å²) in [5.74, 6) is 0.752. The number of carbonyl (C=O) groups is 2. The summed E-state index contributed by atoms with van der Waals surface area (Å²) in [5, 5.41) is 7.24. The number of anilines is 1. The molecule has 0 aliphatic rings. The van der Waals surface area contributed by atoms with Crippen LogP contribution in [-0.2, 0) is 20.1 Å². The van der Waals surface area contributed by atoms with Gasteiger partial charge in [0, 0.05) is 35.7 Å². The zero-order valence-corrected chi connectivity index (χ0v) is 21.2. The molecule has 0 atom stereocenters. The largest absolute Gasteiger partial charge is 0.493 e. The number of amides is 1. The van der Waals surface area contributed by atoms with Crippen LogP contribution >= 0.6 is 23.4 Å². The van der Waals surface area contributed by atoms with E-state index in [0.29, 0.717) is 33.0 Å². The Morgan fingerprint density at radius 2 is 1.85 bits per heavy atom. The summed E-state index contributed by atoms with van der Waals surface area (Å²) in [6, 6.07) is 12.6. The number of hydrogen-bond acceptors (Lipinski definition) is 8. The number of nitrogens with one attached hydrogen (secondary N) is 2. The quantitative estimate of drug-likeness (QED) is 0.292. The lowest BCUT2D eigenvalue weighted by molar-refractivity contribution is -0.157. The molecular formula is C24H30ClN3O5S. The molecule has 34 heavy (non-hydrogen) atoms. The third-order valence-corrected chi connectivity index (χ3v) is 5.74. The summed E-state index contributed by atoms with van der Waals surface area (Å²) >= 11 is 7.42. The van der Waals surface area contributed by atoms with Crippen molar-refractivity contribution < 1.29 is 23.8 Å². The normalized spacial score (nSPS) is 11.5. The van der Waals surface area contributed by atoms with Crippen LogP contribution in [0.25, 0.3) is 0 Å². The molecule has 0 heterocycles. The molecule has 0 spiro atoms. The van der Waals surface area contributed by atoms with Crippen LogP contribution in [0.3, 0.4) is 0 Å². The number of benzene rings is 2. The molecule has 2 rings (SSSR count). The molecule has 0 radical (unpaired) electrons. The van der Waals surface area contributed by atoms with Gasteiger partial charge in [-0.1, -0.05) is 23.7 Å². The first kappa shape index (κ1) is 27.4. The number of methoxy groups -OCH3 is 1. The summed E-state index contributed by atoms with van der Waals surface area (Å²) in [7, 11) is 3.26. The lowest BCUT2D eigenvalue weighted by Gasteiger charge is -2.25. The predicted molar refractivity (Wildman–Crippen MR) is 136 cm³/mol. The second kappa shape index (κ2) is 13.1. The van der Waals surface area contributed by atoms with Crippen molar-refractivity contribution in [1.29, 1.82) is 0 Å². The van der Waals surface area contributed by atoms with Crippen molar-refractivity contribution in [3.8, 4) is 11.5 Å². The average Bonchev–Trinajstić information content (AvgIpc) is 2.81. The number of esters is 1. The minimum atomic E-state index is -0.869. The van der Waals surface area contributed by atoms with Gasteiger partial charge in [0.2, 0.25) is 0 Å². The van der Waals surface area contributed by atoms with Gasteiger partial charge in [-0.25, -0.2) is 0 Å². The maximum atomic E-state index is 12.5. The topological polar surface area (TPSA) is 112 Å². The van der Waals surface area contributed by atoms with Crippen LogP contribution in [0.2, 0.25) is 5.02 Å². The van der Waals surface area contributed by atoms with Crippen LogP contribution in [0, 0.1) is 0 Å². The van der Waals surface area contributed by atoms with E-state index < -0.39 is 11.6 Å². The first-order valence-electron chi connectivity index (χ1n) is 10.5. The van der Waals surface area contributed by atoms with Crippen LogP contribution in [0.4, 0.5) is 5.69 Å².